The van der Waals surface area contributed by atoms with Crippen molar-refractivity contribution in [3.05, 3.63) is 35.1 Å². The van der Waals surface area contributed by atoms with Crippen LogP contribution in [0.25, 0.3) is 21.0 Å². The lowest BCUT2D eigenvalue weighted by atomic mass is 10.1. The lowest BCUT2D eigenvalue weighted by Crippen LogP contribution is -1.80. The molecule has 0 aliphatic rings. The van der Waals surface area contributed by atoms with E-state index >= 15 is 0 Å². The van der Waals surface area contributed by atoms with Crippen LogP contribution in [0.2, 0.25) is 0 Å². The summed E-state index contributed by atoms with van der Waals surface area (Å²) >= 11 is 1.52. The molecule has 0 bridgehead atoms. The molecule has 2 aromatic carbocycles. The van der Waals surface area contributed by atoms with Crippen molar-refractivity contribution in [2.24, 2.45) is 0 Å². The van der Waals surface area contributed by atoms with Gasteiger partial charge in [0.15, 0.2) is 0 Å². The van der Waals surface area contributed by atoms with E-state index in [2.05, 4.69) is 4.98 Å². The van der Waals surface area contributed by atoms with Crippen LogP contribution >= 0.6 is 11.3 Å². The molecule has 1 aromatic heterocycles. The van der Waals surface area contributed by atoms with Gasteiger partial charge >= 0.3 is 0 Å². The maximum Gasteiger partial charge on any atom is 0.125 e. The Kier molecular flexibility index (Phi) is 1.88. The number of nitrogens with zero attached hydrogens (tertiary/aromatic N) is 1. The largest absolute Gasteiger partial charge is 0.507 e. The molecule has 1 N–H and O–H groups in total. The second-order valence-electron chi connectivity index (χ2n) is 3.67. The standard InChI is InChI=1S/C12H8FNOS/c1-6-14-12-8-3-2-7(13)4-9(8)10(15)5-11(12)16-6/h2-5,15H,1H3. The van der Waals surface area contributed by atoms with Crippen molar-refractivity contribution in [3.8, 4) is 5.75 Å². The SMILES string of the molecule is Cc1nc2c(cc(O)c3cc(F)ccc32)s1. The van der Waals surface area contributed by atoms with Crippen LogP contribution in [-0.2, 0) is 0 Å². The van der Waals surface area contributed by atoms with Crippen molar-refractivity contribution in [1.29, 1.82) is 0 Å². The van der Waals surface area contributed by atoms with E-state index in [1.54, 1.807) is 12.1 Å². The highest BCUT2D eigenvalue weighted by molar-refractivity contribution is 7.18. The van der Waals surface area contributed by atoms with Gasteiger partial charge in [-0.15, -0.1) is 11.3 Å². The maximum atomic E-state index is 13.1. The summed E-state index contributed by atoms with van der Waals surface area (Å²) in [4.78, 5) is 4.40. The predicted molar refractivity (Wildman–Crippen MR) is 63.5 cm³/mol. The molecule has 0 aliphatic heterocycles. The molecule has 3 rings (SSSR count). The molecule has 2 nitrogen and oxygen atoms in total. The van der Waals surface area contributed by atoms with E-state index in [1.807, 2.05) is 6.92 Å². The van der Waals surface area contributed by atoms with E-state index in [-0.39, 0.29) is 11.6 Å². The van der Waals surface area contributed by atoms with E-state index in [9.17, 15) is 9.50 Å². The van der Waals surface area contributed by atoms with Gasteiger partial charge in [0.2, 0.25) is 0 Å². The number of aryl methyl sites for hydroxylation is 1. The fraction of sp³-hybridized carbons (Fsp3) is 0.0833. The van der Waals surface area contributed by atoms with Crippen molar-refractivity contribution in [1.82, 2.24) is 4.98 Å². The van der Waals surface area contributed by atoms with Gasteiger partial charge in [-0.3, -0.25) is 0 Å². The number of rotatable bonds is 0. The highest BCUT2D eigenvalue weighted by atomic mass is 32.1. The van der Waals surface area contributed by atoms with Crippen molar-refractivity contribution < 1.29 is 9.50 Å². The number of phenolic OH excluding ortho intramolecular Hbond substituents is 1. The van der Waals surface area contributed by atoms with Crippen LogP contribution in [0.3, 0.4) is 0 Å². The minimum atomic E-state index is -0.353. The number of phenols is 1. The number of aromatic nitrogens is 1. The molecule has 0 aliphatic carbocycles. The van der Waals surface area contributed by atoms with Gasteiger partial charge in [0.1, 0.15) is 11.6 Å². The van der Waals surface area contributed by atoms with Crippen LogP contribution in [0, 0.1) is 12.7 Å². The number of hydrogen-bond acceptors (Lipinski definition) is 3. The molecule has 4 heteroatoms. The number of thiazole rings is 1. The second kappa shape index (κ2) is 3.15. The van der Waals surface area contributed by atoms with Crippen LogP contribution < -0.4 is 0 Å². The first kappa shape index (κ1) is 9.54. The average molecular weight is 233 g/mol. The molecule has 3 aromatic rings. The fourth-order valence-corrected chi connectivity index (χ4v) is 2.75. The van der Waals surface area contributed by atoms with Crippen molar-refractivity contribution in [2.75, 3.05) is 0 Å². The Morgan fingerprint density at radius 3 is 2.88 bits per heavy atom. The van der Waals surface area contributed by atoms with Gasteiger partial charge in [0.05, 0.1) is 15.2 Å². The third-order valence-corrected chi connectivity index (χ3v) is 3.46. The lowest BCUT2D eigenvalue weighted by molar-refractivity contribution is 0.482. The van der Waals surface area contributed by atoms with E-state index < -0.39 is 0 Å². The molecular weight excluding hydrogens is 225 g/mol. The summed E-state index contributed by atoms with van der Waals surface area (Å²) in [5, 5.41) is 12.1. The Morgan fingerprint density at radius 1 is 1.25 bits per heavy atom. The van der Waals surface area contributed by atoms with Crippen molar-refractivity contribution >= 4 is 32.3 Å². The van der Waals surface area contributed by atoms with Crippen LogP contribution in [-0.4, -0.2) is 10.1 Å². The third-order valence-electron chi connectivity index (χ3n) is 2.54. The number of benzene rings is 2. The molecule has 0 saturated carbocycles. The van der Waals surface area contributed by atoms with Crippen LogP contribution in [0.15, 0.2) is 24.3 Å². The van der Waals surface area contributed by atoms with Gasteiger partial charge in [0.25, 0.3) is 0 Å². The molecule has 0 saturated heterocycles. The summed E-state index contributed by atoms with van der Waals surface area (Å²) in [6, 6.07) is 6.02. The molecule has 80 valence electrons. The summed E-state index contributed by atoms with van der Waals surface area (Å²) in [6.45, 7) is 1.91. The fourth-order valence-electron chi connectivity index (χ4n) is 1.87. The van der Waals surface area contributed by atoms with Gasteiger partial charge in [-0.05, 0) is 31.2 Å². The molecule has 0 radical (unpaired) electrons. The van der Waals surface area contributed by atoms with Crippen LogP contribution in [0.1, 0.15) is 5.01 Å². The zero-order valence-electron chi connectivity index (χ0n) is 8.49. The van der Waals surface area contributed by atoms with Gasteiger partial charge in [-0.1, -0.05) is 0 Å². The minimum absolute atomic E-state index is 0.102. The Bertz CT molecular complexity index is 705. The van der Waals surface area contributed by atoms with Crippen molar-refractivity contribution in [2.45, 2.75) is 6.92 Å². The van der Waals surface area contributed by atoms with Gasteiger partial charge in [-0.2, -0.15) is 0 Å². The summed E-state index contributed by atoms with van der Waals surface area (Å²) in [6.07, 6.45) is 0. The molecule has 0 unspecified atom stereocenters. The van der Waals surface area contributed by atoms with Gasteiger partial charge in [-0.25, -0.2) is 9.37 Å². The predicted octanol–water partition coefficient (Wildman–Crippen LogP) is 3.60. The normalized spacial score (nSPS) is 11.4. The van der Waals surface area contributed by atoms with Crippen LogP contribution in [0.5, 0.6) is 5.75 Å². The molecule has 0 spiro atoms. The monoisotopic (exact) mass is 233 g/mol. The third kappa shape index (κ3) is 1.27. The number of hydrogen-bond donors (Lipinski definition) is 1. The van der Waals surface area contributed by atoms with Gasteiger partial charge in [0, 0.05) is 10.8 Å². The quantitative estimate of drug-likeness (QED) is 0.643. The molecule has 0 fully saturated rings. The van der Waals surface area contributed by atoms with Crippen LogP contribution in [0.4, 0.5) is 4.39 Å². The summed E-state index contributed by atoms with van der Waals surface area (Å²) in [7, 11) is 0. The first-order valence-electron chi connectivity index (χ1n) is 4.83. The Balaban J connectivity index is 2.58. The smallest absolute Gasteiger partial charge is 0.125 e. The molecular formula is C12H8FNOS. The van der Waals surface area contributed by atoms with E-state index in [0.29, 0.717) is 5.39 Å². The number of aromatic hydroxyl groups is 1. The first-order chi connectivity index (χ1) is 7.65. The summed E-state index contributed by atoms with van der Waals surface area (Å²) < 4.78 is 14.0. The molecule has 1 heterocycles. The molecule has 0 atom stereocenters. The minimum Gasteiger partial charge on any atom is -0.507 e. The Morgan fingerprint density at radius 2 is 2.06 bits per heavy atom. The Labute approximate surface area is 95.0 Å². The van der Waals surface area contributed by atoms with E-state index in [0.717, 1.165) is 20.6 Å². The summed E-state index contributed by atoms with van der Waals surface area (Å²) in [5.74, 6) is -0.250. The lowest BCUT2D eigenvalue weighted by Gasteiger charge is -2.01. The zero-order chi connectivity index (χ0) is 11.3. The highest BCUT2D eigenvalue weighted by Crippen LogP contribution is 2.35. The summed E-state index contributed by atoms with van der Waals surface area (Å²) in [5.41, 5.74) is 0.829. The zero-order valence-corrected chi connectivity index (χ0v) is 9.31. The second-order valence-corrected chi connectivity index (χ2v) is 4.90. The molecule has 16 heavy (non-hydrogen) atoms. The van der Waals surface area contributed by atoms with E-state index in [1.165, 1.54) is 23.5 Å². The highest BCUT2D eigenvalue weighted by Gasteiger charge is 2.10. The number of halogens is 1. The maximum absolute atomic E-state index is 13.1. The van der Waals surface area contributed by atoms with Gasteiger partial charge < -0.3 is 5.11 Å². The van der Waals surface area contributed by atoms with E-state index in [4.69, 9.17) is 0 Å². The first-order valence-corrected chi connectivity index (χ1v) is 5.65. The van der Waals surface area contributed by atoms with Crippen molar-refractivity contribution in [3.63, 3.8) is 0 Å². The Hall–Kier alpha value is -1.68. The molecule has 0 amide bonds. The topological polar surface area (TPSA) is 33.1 Å². The number of fused-ring (bicyclic) bond motifs is 3. The average Bonchev–Trinajstić information content (AvgIpc) is 2.59.